The first-order chi connectivity index (χ1) is 14.1. The molecule has 1 N–H and O–H groups in total. The van der Waals surface area contributed by atoms with Crippen LogP contribution >= 0.6 is 0 Å². The summed E-state index contributed by atoms with van der Waals surface area (Å²) in [6.07, 6.45) is 3.26. The van der Waals surface area contributed by atoms with Gasteiger partial charge in [0, 0.05) is 25.4 Å². The van der Waals surface area contributed by atoms with E-state index in [1.807, 2.05) is 55.5 Å². The van der Waals surface area contributed by atoms with Gasteiger partial charge in [-0.2, -0.15) is 0 Å². The van der Waals surface area contributed by atoms with Gasteiger partial charge in [-0.25, -0.2) is 0 Å². The quantitative estimate of drug-likeness (QED) is 0.612. The molecule has 2 aromatic carbocycles. The number of nitrogens with one attached hydrogen (secondary N) is 1. The van der Waals surface area contributed by atoms with E-state index in [4.69, 9.17) is 9.47 Å². The van der Waals surface area contributed by atoms with Gasteiger partial charge in [0.25, 0.3) is 5.91 Å². The van der Waals surface area contributed by atoms with Crippen LogP contribution in [0.2, 0.25) is 0 Å². The Labute approximate surface area is 171 Å². The normalized spacial score (nSPS) is 10.3. The standard InChI is InChI=1S/C23H25N3O3/c1-4-26(16-17-8-6-5-7-9-17)23(27)18-12-19(15-24-14-18)25-21-13-20(28-2)10-11-22(21)29-3/h5-15,25H,4,16H2,1-3H3. The number of carbonyl (C=O) groups excluding carboxylic acids is 1. The number of benzene rings is 2. The zero-order valence-corrected chi connectivity index (χ0v) is 16.9. The SMILES string of the molecule is CCN(Cc1ccccc1)C(=O)c1cncc(Nc2cc(OC)ccc2OC)c1. The smallest absolute Gasteiger partial charge is 0.255 e. The number of pyridine rings is 1. The number of aromatic nitrogens is 1. The van der Waals surface area contributed by atoms with Crippen LogP contribution in [0.4, 0.5) is 11.4 Å². The molecule has 0 atom stereocenters. The summed E-state index contributed by atoms with van der Waals surface area (Å²) >= 11 is 0. The van der Waals surface area contributed by atoms with Crippen molar-refractivity contribution in [3.63, 3.8) is 0 Å². The fraction of sp³-hybridized carbons (Fsp3) is 0.217. The van der Waals surface area contributed by atoms with Gasteiger partial charge in [-0.3, -0.25) is 9.78 Å². The van der Waals surface area contributed by atoms with Crippen LogP contribution in [0.25, 0.3) is 0 Å². The van der Waals surface area contributed by atoms with Crippen LogP contribution in [0.1, 0.15) is 22.8 Å². The van der Waals surface area contributed by atoms with Crippen molar-refractivity contribution in [3.05, 3.63) is 78.1 Å². The van der Waals surface area contributed by atoms with Crippen LogP contribution in [-0.4, -0.2) is 36.6 Å². The number of hydrogen-bond acceptors (Lipinski definition) is 5. The molecule has 1 amide bonds. The summed E-state index contributed by atoms with van der Waals surface area (Å²) in [7, 11) is 3.21. The predicted molar refractivity (Wildman–Crippen MR) is 114 cm³/mol. The molecule has 0 unspecified atom stereocenters. The summed E-state index contributed by atoms with van der Waals surface area (Å²) in [5.74, 6) is 1.31. The molecular weight excluding hydrogens is 366 g/mol. The second kappa shape index (κ2) is 9.59. The van der Waals surface area contributed by atoms with Gasteiger partial charge >= 0.3 is 0 Å². The van der Waals surface area contributed by atoms with Crippen LogP contribution in [0.3, 0.4) is 0 Å². The molecule has 29 heavy (non-hydrogen) atoms. The molecule has 0 aliphatic rings. The van der Waals surface area contributed by atoms with Crippen LogP contribution in [-0.2, 0) is 6.54 Å². The monoisotopic (exact) mass is 391 g/mol. The van der Waals surface area contributed by atoms with Crippen molar-refractivity contribution in [3.8, 4) is 11.5 Å². The average Bonchev–Trinajstić information content (AvgIpc) is 2.77. The molecule has 3 rings (SSSR count). The first kappa shape index (κ1) is 20.2. The van der Waals surface area contributed by atoms with Crippen LogP contribution < -0.4 is 14.8 Å². The number of ether oxygens (including phenoxy) is 2. The molecule has 1 heterocycles. The van der Waals surface area contributed by atoms with Gasteiger partial charge in [0.2, 0.25) is 0 Å². The van der Waals surface area contributed by atoms with E-state index in [1.165, 1.54) is 0 Å². The highest BCUT2D eigenvalue weighted by Crippen LogP contribution is 2.31. The Balaban J connectivity index is 1.81. The minimum absolute atomic E-state index is 0.0647. The third-order valence-electron chi connectivity index (χ3n) is 4.56. The molecule has 0 saturated carbocycles. The van der Waals surface area contributed by atoms with Crippen molar-refractivity contribution >= 4 is 17.3 Å². The number of carbonyl (C=O) groups is 1. The van der Waals surface area contributed by atoms with Gasteiger partial charge in [0.15, 0.2) is 0 Å². The van der Waals surface area contributed by atoms with Crippen molar-refractivity contribution < 1.29 is 14.3 Å². The number of rotatable bonds is 8. The Morgan fingerprint density at radius 2 is 1.83 bits per heavy atom. The highest BCUT2D eigenvalue weighted by molar-refractivity contribution is 5.95. The summed E-state index contributed by atoms with van der Waals surface area (Å²) in [5.41, 5.74) is 3.04. The number of methoxy groups -OCH3 is 2. The topological polar surface area (TPSA) is 63.7 Å². The second-order valence-electron chi connectivity index (χ2n) is 6.46. The predicted octanol–water partition coefficient (Wildman–Crippen LogP) is 4.50. The maximum absolute atomic E-state index is 13.0. The summed E-state index contributed by atoms with van der Waals surface area (Å²) in [5, 5.41) is 3.26. The number of anilines is 2. The van der Waals surface area contributed by atoms with Gasteiger partial charge in [-0.1, -0.05) is 30.3 Å². The van der Waals surface area contributed by atoms with Crippen molar-refractivity contribution in [1.29, 1.82) is 0 Å². The maximum atomic E-state index is 13.0. The zero-order valence-electron chi connectivity index (χ0n) is 16.9. The maximum Gasteiger partial charge on any atom is 0.255 e. The lowest BCUT2D eigenvalue weighted by Gasteiger charge is -2.21. The zero-order chi connectivity index (χ0) is 20.6. The van der Waals surface area contributed by atoms with Gasteiger partial charge in [-0.15, -0.1) is 0 Å². The lowest BCUT2D eigenvalue weighted by Crippen LogP contribution is -2.30. The Kier molecular flexibility index (Phi) is 6.68. The fourth-order valence-corrected chi connectivity index (χ4v) is 3.01. The molecule has 0 aliphatic carbocycles. The van der Waals surface area contributed by atoms with E-state index in [0.29, 0.717) is 35.8 Å². The summed E-state index contributed by atoms with van der Waals surface area (Å²) < 4.78 is 10.7. The van der Waals surface area contributed by atoms with Gasteiger partial charge in [0.05, 0.1) is 37.4 Å². The first-order valence-electron chi connectivity index (χ1n) is 9.42. The highest BCUT2D eigenvalue weighted by atomic mass is 16.5. The molecule has 1 aromatic heterocycles. The Morgan fingerprint density at radius 3 is 2.52 bits per heavy atom. The molecule has 150 valence electrons. The molecule has 3 aromatic rings. The largest absolute Gasteiger partial charge is 0.497 e. The first-order valence-corrected chi connectivity index (χ1v) is 9.42. The molecule has 0 saturated heterocycles. The number of nitrogens with zero attached hydrogens (tertiary/aromatic N) is 2. The van der Waals surface area contributed by atoms with E-state index < -0.39 is 0 Å². The van der Waals surface area contributed by atoms with E-state index in [0.717, 1.165) is 11.3 Å². The van der Waals surface area contributed by atoms with E-state index in [2.05, 4.69) is 10.3 Å². The minimum atomic E-state index is -0.0647. The molecule has 0 radical (unpaired) electrons. The van der Waals surface area contributed by atoms with Crippen molar-refractivity contribution in [2.24, 2.45) is 0 Å². The molecule has 0 aliphatic heterocycles. The van der Waals surface area contributed by atoms with Crippen LogP contribution in [0, 0.1) is 0 Å². The van der Waals surface area contributed by atoms with Crippen molar-refractivity contribution in [2.75, 3.05) is 26.1 Å². The Hall–Kier alpha value is -3.54. The number of hydrogen-bond donors (Lipinski definition) is 1. The van der Waals surface area contributed by atoms with Gasteiger partial charge in [0.1, 0.15) is 11.5 Å². The minimum Gasteiger partial charge on any atom is -0.497 e. The van der Waals surface area contributed by atoms with E-state index >= 15 is 0 Å². The Bertz CT molecular complexity index is 961. The lowest BCUT2D eigenvalue weighted by atomic mass is 10.1. The summed E-state index contributed by atoms with van der Waals surface area (Å²) in [4.78, 5) is 19.1. The second-order valence-corrected chi connectivity index (χ2v) is 6.46. The third kappa shape index (κ3) is 5.04. The molecule has 6 heteroatoms. The van der Waals surface area contributed by atoms with Crippen molar-refractivity contribution in [1.82, 2.24) is 9.88 Å². The third-order valence-corrected chi connectivity index (χ3v) is 4.56. The highest BCUT2D eigenvalue weighted by Gasteiger charge is 2.16. The molecule has 0 bridgehead atoms. The van der Waals surface area contributed by atoms with Crippen LogP contribution in [0.5, 0.6) is 11.5 Å². The fourth-order valence-electron chi connectivity index (χ4n) is 3.01. The summed E-state index contributed by atoms with van der Waals surface area (Å²) in [6.45, 7) is 3.13. The number of amides is 1. The van der Waals surface area contributed by atoms with Gasteiger partial charge in [-0.05, 0) is 30.7 Å². The van der Waals surface area contributed by atoms with Crippen LogP contribution in [0.15, 0.2) is 67.0 Å². The molecular formula is C23H25N3O3. The van der Waals surface area contributed by atoms with E-state index in [-0.39, 0.29) is 5.91 Å². The average molecular weight is 391 g/mol. The molecule has 6 nitrogen and oxygen atoms in total. The molecule has 0 fully saturated rings. The lowest BCUT2D eigenvalue weighted by molar-refractivity contribution is 0.0752. The van der Waals surface area contributed by atoms with Crippen molar-refractivity contribution in [2.45, 2.75) is 13.5 Å². The van der Waals surface area contributed by atoms with E-state index in [1.54, 1.807) is 37.6 Å². The summed E-state index contributed by atoms with van der Waals surface area (Å²) in [6, 6.07) is 17.2. The molecule has 0 spiro atoms. The van der Waals surface area contributed by atoms with E-state index in [9.17, 15) is 4.79 Å². The Morgan fingerprint density at radius 1 is 1.03 bits per heavy atom. The van der Waals surface area contributed by atoms with Gasteiger partial charge < -0.3 is 19.7 Å².